The van der Waals surface area contributed by atoms with Gasteiger partial charge in [-0.05, 0) is 55.8 Å². The SMILES string of the molecule is COc1ccc(CN(CC(O)COc2ccc(OC)cc2)C(C)C)cc1. The molecule has 0 amide bonds. The van der Waals surface area contributed by atoms with Gasteiger partial charge in [-0.25, -0.2) is 0 Å². The molecule has 1 atom stereocenters. The third-order valence-corrected chi connectivity index (χ3v) is 4.22. The van der Waals surface area contributed by atoms with Crippen LogP contribution in [0.25, 0.3) is 0 Å². The van der Waals surface area contributed by atoms with E-state index in [-0.39, 0.29) is 6.61 Å². The predicted octanol–water partition coefficient (Wildman–Crippen LogP) is 3.35. The quantitative estimate of drug-likeness (QED) is 0.705. The second kappa shape index (κ2) is 10.0. The van der Waals surface area contributed by atoms with Gasteiger partial charge < -0.3 is 19.3 Å². The number of ether oxygens (including phenoxy) is 3. The highest BCUT2D eigenvalue weighted by molar-refractivity contribution is 5.31. The van der Waals surface area contributed by atoms with E-state index in [2.05, 4.69) is 30.9 Å². The lowest BCUT2D eigenvalue weighted by molar-refractivity contribution is 0.0543. The molecular formula is C21H29NO4. The minimum Gasteiger partial charge on any atom is -0.497 e. The third-order valence-electron chi connectivity index (χ3n) is 4.22. The molecule has 1 N–H and O–H groups in total. The van der Waals surface area contributed by atoms with Crippen LogP contribution in [-0.2, 0) is 6.54 Å². The molecule has 0 spiro atoms. The Labute approximate surface area is 156 Å². The Morgan fingerprint density at radius 3 is 1.85 bits per heavy atom. The van der Waals surface area contributed by atoms with Gasteiger partial charge in [-0.2, -0.15) is 0 Å². The Morgan fingerprint density at radius 1 is 0.846 bits per heavy atom. The van der Waals surface area contributed by atoms with Crippen molar-refractivity contribution in [3.63, 3.8) is 0 Å². The lowest BCUT2D eigenvalue weighted by Gasteiger charge is -2.29. The van der Waals surface area contributed by atoms with Gasteiger partial charge in [0, 0.05) is 19.1 Å². The number of methoxy groups -OCH3 is 2. The molecule has 0 aliphatic heterocycles. The molecule has 0 saturated heterocycles. The van der Waals surface area contributed by atoms with E-state index in [1.165, 1.54) is 5.56 Å². The van der Waals surface area contributed by atoms with E-state index < -0.39 is 6.10 Å². The van der Waals surface area contributed by atoms with Crippen LogP contribution < -0.4 is 14.2 Å². The van der Waals surface area contributed by atoms with Crippen LogP contribution in [0, 0.1) is 0 Å². The maximum Gasteiger partial charge on any atom is 0.119 e. The second-order valence-corrected chi connectivity index (χ2v) is 6.51. The van der Waals surface area contributed by atoms with Gasteiger partial charge in [-0.1, -0.05) is 12.1 Å². The number of aliphatic hydroxyl groups is 1. The van der Waals surface area contributed by atoms with Gasteiger partial charge in [-0.3, -0.25) is 4.90 Å². The third kappa shape index (κ3) is 6.24. The van der Waals surface area contributed by atoms with Crippen LogP contribution >= 0.6 is 0 Å². The maximum atomic E-state index is 10.4. The van der Waals surface area contributed by atoms with Crippen LogP contribution in [0.15, 0.2) is 48.5 Å². The highest BCUT2D eigenvalue weighted by Gasteiger charge is 2.16. The largest absolute Gasteiger partial charge is 0.497 e. The summed E-state index contributed by atoms with van der Waals surface area (Å²) in [5.74, 6) is 2.34. The molecule has 0 fully saturated rings. The molecule has 2 aromatic rings. The first-order valence-corrected chi connectivity index (χ1v) is 8.83. The molecule has 1 unspecified atom stereocenters. The minimum absolute atomic E-state index is 0.248. The zero-order chi connectivity index (χ0) is 18.9. The number of hydrogen-bond donors (Lipinski definition) is 1. The second-order valence-electron chi connectivity index (χ2n) is 6.51. The zero-order valence-corrected chi connectivity index (χ0v) is 16.0. The number of rotatable bonds is 10. The Morgan fingerprint density at radius 2 is 1.35 bits per heavy atom. The molecule has 142 valence electrons. The summed E-state index contributed by atoms with van der Waals surface area (Å²) in [7, 11) is 3.29. The summed E-state index contributed by atoms with van der Waals surface area (Å²) in [4.78, 5) is 2.23. The highest BCUT2D eigenvalue weighted by atomic mass is 16.5. The van der Waals surface area contributed by atoms with E-state index in [4.69, 9.17) is 14.2 Å². The first kappa shape index (κ1) is 20.1. The van der Waals surface area contributed by atoms with Gasteiger partial charge >= 0.3 is 0 Å². The van der Waals surface area contributed by atoms with Crippen LogP contribution in [0.1, 0.15) is 19.4 Å². The van der Waals surface area contributed by atoms with Crippen LogP contribution in [0.4, 0.5) is 0 Å². The van der Waals surface area contributed by atoms with Crippen molar-refractivity contribution in [2.24, 2.45) is 0 Å². The molecule has 2 rings (SSSR count). The number of benzene rings is 2. The Balaban J connectivity index is 1.86. The first-order chi connectivity index (χ1) is 12.5. The van der Waals surface area contributed by atoms with Crippen molar-refractivity contribution in [2.45, 2.75) is 32.5 Å². The fraction of sp³-hybridized carbons (Fsp3) is 0.429. The van der Waals surface area contributed by atoms with Gasteiger partial charge in [0.25, 0.3) is 0 Å². The molecule has 5 nitrogen and oxygen atoms in total. The molecule has 0 aromatic heterocycles. The van der Waals surface area contributed by atoms with Crippen molar-refractivity contribution in [3.8, 4) is 17.2 Å². The average molecular weight is 359 g/mol. The lowest BCUT2D eigenvalue weighted by atomic mass is 10.1. The maximum absolute atomic E-state index is 10.4. The molecule has 2 aromatic carbocycles. The molecule has 0 bridgehead atoms. The van der Waals surface area contributed by atoms with Gasteiger partial charge in [0.1, 0.15) is 30.0 Å². The first-order valence-electron chi connectivity index (χ1n) is 8.83. The fourth-order valence-electron chi connectivity index (χ4n) is 2.61. The number of hydrogen-bond acceptors (Lipinski definition) is 5. The molecule has 26 heavy (non-hydrogen) atoms. The van der Waals surface area contributed by atoms with Crippen LogP contribution in [0.3, 0.4) is 0 Å². The summed E-state index contributed by atoms with van der Waals surface area (Å²) in [6, 6.07) is 15.7. The zero-order valence-electron chi connectivity index (χ0n) is 16.0. The highest BCUT2D eigenvalue weighted by Crippen LogP contribution is 2.18. The average Bonchev–Trinajstić information content (AvgIpc) is 2.66. The molecule has 0 radical (unpaired) electrons. The molecule has 0 aliphatic rings. The Kier molecular flexibility index (Phi) is 7.75. The summed E-state index contributed by atoms with van der Waals surface area (Å²) in [6.07, 6.45) is -0.572. The smallest absolute Gasteiger partial charge is 0.119 e. The van der Waals surface area contributed by atoms with Crippen molar-refractivity contribution < 1.29 is 19.3 Å². The summed E-state index contributed by atoms with van der Waals surface area (Å²) in [5, 5.41) is 10.4. The van der Waals surface area contributed by atoms with Crippen LogP contribution in [0.5, 0.6) is 17.2 Å². The van der Waals surface area contributed by atoms with Crippen molar-refractivity contribution in [1.29, 1.82) is 0 Å². The monoisotopic (exact) mass is 359 g/mol. The summed E-state index contributed by atoms with van der Waals surface area (Å²) in [5.41, 5.74) is 1.18. The van der Waals surface area contributed by atoms with E-state index in [1.807, 2.05) is 36.4 Å². The Hall–Kier alpha value is -2.24. The fourth-order valence-corrected chi connectivity index (χ4v) is 2.61. The lowest BCUT2D eigenvalue weighted by Crippen LogP contribution is -2.39. The van der Waals surface area contributed by atoms with E-state index in [9.17, 15) is 5.11 Å². The van der Waals surface area contributed by atoms with Gasteiger partial charge in [0.15, 0.2) is 0 Å². The van der Waals surface area contributed by atoms with Crippen molar-refractivity contribution >= 4 is 0 Å². The van der Waals surface area contributed by atoms with Crippen molar-refractivity contribution in [2.75, 3.05) is 27.4 Å². The van der Waals surface area contributed by atoms with E-state index in [1.54, 1.807) is 14.2 Å². The molecular weight excluding hydrogens is 330 g/mol. The number of nitrogens with zero attached hydrogens (tertiary/aromatic N) is 1. The summed E-state index contributed by atoms with van der Waals surface area (Å²) in [6.45, 7) is 5.81. The topological polar surface area (TPSA) is 51.2 Å². The normalized spacial score (nSPS) is 12.3. The summed E-state index contributed by atoms with van der Waals surface area (Å²) < 4.78 is 16.0. The number of aliphatic hydroxyl groups excluding tert-OH is 1. The van der Waals surface area contributed by atoms with E-state index in [0.717, 1.165) is 23.8 Å². The van der Waals surface area contributed by atoms with Crippen molar-refractivity contribution in [3.05, 3.63) is 54.1 Å². The standard InChI is InChI=1S/C21H29NO4/c1-16(2)22(13-17-5-7-19(24-3)8-6-17)14-18(23)15-26-21-11-9-20(25-4)10-12-21/h5-12,16,18,23H,13-15H2,1-4H3. The summed E-state index contributed by atoms with van der Waals surface area (Å²) >= 11 is 0. The van der Waals surface area contributed by atoms with Crippen LogP contribution in [-0.4, -0.2) is 49.5 Å². The molecule has 0 aliphatic carbocycles. The van der Waals surface area contributed by atoms with E-state index >= 15 is 0 Å². The van der Waals surface area contributed by atoms with Gasteiger partial charge in [0.05, 0.1) is 14.2 Å². The van der Waals surface area contributed by atoms with Gasteiger partial charge in [-0.15, -0.1) is 0 Å². The predicted molar refractivity (Wildman–Crippen MR) is 103 cm³/mol. The van der Waals surface area contributed by atoms with E-state index in [0.29, 0.717) is 12.6 Å². The molecule has 5 heteroatoms. The Bertz CT molecular complexity index is 640. The molecule has 0 saturated carbocycles. The van der Waals surface area contributed by atoms with Crippen LogP contribution in [0.2, 0.25) is 0 Å². The van der Waals surface area contributed by atoms with Crippen molar-refractivity contribution in [1.82, 2.24) is 4.90 Å². The molecule has 0 heterocycles. The van der Waals surface area contributed by atoms with Gasteiger partial charge in [0.2, 0.25) is 0 Å². The minimum atomic E-state index is -0.572.